The minimum absolute atomic E-state index is 0.0840. The van der Waals surface area contributed by atoms with Crippen molar-refractivity contribution in [2.75, 3.05) is 0 Å². The van der Waals surface area contributed by atoms with Crippen LogP contribution in [0.1, 0.15) is 79.6 Å². The molecule has 0 aliphatic heterocycles. The van der Waals surface area contributed by atoms with Crippen LogP contribution in [0.2, 0.25) is 0 Å². The fourth-order valence-corrected chi connectivity index (χ4v) is 3.47. The third-order valence-electron chi connectivity index (χ3n) is 5.37. The first-order valence-corrected chi connectivity index (χ1v) is 9.19. The molecule has 1 amide bonds. The van der Waals surface area contributed by atoms with Crippen LogP contribution in [0.15, 0.2) is 0 Å². The van der Waals surface area contributed by atoms with Crippen molar-refractivity contribution in [1.82, 2.24) is 5.32 Å². The van der Waals surface area contributed by atoms with Crippen LogP contribution >= 0.6 is 0 Å². The van der Waals surface area contributed by atoms with Crippen molar-refractivity contribution in [3.05, 3.63) is 0 Å². The maximum Gasteiger partial charge on any atom is 0.326 e. The van der Waals surface area contributed by atoms with Crippen molar-refractivity contribution in [2.45, 2.75) is 85.6 Å². The molecule has 4 nitrogen and oxygen atoms in total. The minimum Gasteiger partial charge on any atom is -0.480 e. The Bertz CT molecular complexity index is 395. The van der Waals surface area contributed by atoms with Gasteiger partial charge < -0.3 is 10.4 Å². The van der Waals surface area contributed by atoms with E-state index in [0.29, 0.717) is 0 Å². The van der Waals surface area contributed by atoms with Crippen molar-refractivity contribution < 1.29 is 14.7 Å². The Balaban J connectivity index is 2.48. The third kappa shape index (κ3) is 6.15. The van der Waals surface area contributed by atoms with Crippen molar-refractivity contribution in [2.24, 2.45) is 23.2 Å². The second kappa shape index (κ2) is 8.70. The van der Waals surface area contributed by atoms with Crippen LogP contribution in [-0.2, 0) is 9.59 Å². The largest absolute Gasteiger partial charge is 0.480 e. The van der Waals surface area contributed by atoms with Crippen LogP contribution in [0, 0.1) is 23.2 Å². The molecular formula is C19H35NO3. The molecule has 1 aliphatic carbocycles. The van der Waals surface area contributed by atoms with E-state index in [-0.39, 0.29) is 11.8 Å². The summed E-state index contributed by atoms with van der Waals surface area (Å²) in [5, 5.41) is 12.0. The minimum atomic E-state index is -0.945. The van der Waals surface area contributed by atoms with Crippen molar-refractivity contribution >= 4 is 11.9 Å². The summed E-state index contributed by atoms with van der Waals surface area (Å²) >= 11 is 0. The van der Waals surface area contributed by atoms with Gasteiger partial charge in [0.25, 0.3) is 0 Å². The Morgan fingerprint density at radius 3 is 2.17 bits per heavy atom. The van der Waals surface area contributed by atoms with Crippen molar-refractivity contribution in [1.29, 1.82) is 0 Å². The summed E-state index contributed by atoms with van der Waals surface area (Å²) in [6.07, 6.45) is 7.73. The zero-order valence-corrected chi connectivity index (χ0v) is 15.5. The molecule has 1 saturated carbocycles. The molecule has 23 heavy (non-hydrogen) atoms. The summed E-state index contributed by atoms with van der Waals surface area (Å²) in [6.45, 7) is 10.2. The zero-order chi connectivity index (χ0) is 17.6. The van der Waals surface area contributed by atoms with E-state index in [1.54, 1.807) is 0 Å². The van der Waals surface area contributed by atoms with Gasteiger partial charge in [0, 0.05) is 5.41 Å². The smallest absolute Gasteiger partial charge is 0.326 e. The van der Waals surface area contributed by atoms with Gasteiger partial charge in [-0.3, -0.25) is 4.79 Å². The quantitative estimate of drug-likeness (QED) is 0.701. The number of amides is 1. The van der Waals surface area contributed by atoms with Gasteiger partial charge in [-0.05, 0) is 43.4 Å². The molecule has 0 spiro atoms. The number of carbonyl (C=O) groups excluding carboxylic acids is 1. The molecule has 1 fully saturated rings. The second-order valence-corrected chi connectivity index (χ2v) is 8.36. The molecule has 0 unspecified atom stereocenters. The predicted octanol–water partition coefficient (Wildman–Crippen LogP) is 4.23. The van der Waals surface area contributed by atoms with Gasteiger partial charge >= 0.3 is 5.97 Å². The lowest BCUT2D eigenvalue weighted by atomic mass is 9.70. The van der Waals surface area contributed by atoms with Crippen LogP contribution in [-0.4, -0.2) is 23.0 Å². The number of carboxylic acids is 1. The van der Waals surface area contributed by atoms with Gasteiger partial charge in [0.05, 0.1) is 0 Å². The average Bonchev–Trinajstić information content (AvgIpc) is 2.45. The molecule has 2 N–H and O–H groups in total. The number of aliphatic carboxylic acids is 1. The summed E-state index contributed by atoms with van der Waals surface area (Å²) in [4.78, 5) is 23.8. The first-order chi connectivity index (χ1) is 10.7. The Morgan fingerprint density at radius 1 is 1.17 bits per heavy atom. The fraction of sp³-hybridized carbons (Fsp3) is 0.895. The molecule has 1 atom stereocenters. The molecule has 134 valence electrons. The van der Waals surface area contributed by atoms with E-state index in [0.717, 1.165) is 37.5 Å². The number of hydrogen-bond acceptors (Lipinski definition) is 2. The van der Waals surface area contributed by atoms with Crippen molar-refractivity contribution in [3.63, 3.8) is 0 Å². The standard InChI is InChI=1S/C19H35NO3/c1-13(2)7-6-8-15-9-11-19(5,12-10-15)18(23)20-16(14(3)4)17(21)22/h13-16H,6-12H2,1-5H3,(H,20,23)(H,21,22)/t15-,16-,19+/m0/s1. The first kappa shape index (κ1) is 20.0. The second-order valence-electron chi connectivity index (χ2n) is 8.36. The number of hydrogen-bond donors (Lipinski definition) is 2. The Morgan fingerprint density at radius 2 is 1.74 bits per heavy atom. The van der Waals surface area contributed by atoms with Gasteiger partial charge in [-0.15, -0.1) is 0 Å². The van der Waals surface area contributed by atoms with Crippen LogP contribution in [0.4, 0.5) is 0 Å². The lowest BCUT2D eigenvalue weighted by molar-refractivity contribution is -0.145. The summed E-state index contributed by atoms with van der Waals surface area (Å²) < 4.78 is 0. The summed E-state index contributed by atoms with van der Waals surface area (Å²) in [7, 11) is 0. The fourth-order valence-electron chi connectivity index (χ4n) is 3.47. The average molecular weight is 325 g/mol. The van der Waals surface area contributed by atoms with E-state index >= 15 is 0 Å². The van der Waals surface area contributed by atoms with Crippen LogP contribution in [0.25, 0.3) is 0 Å². The molecule has 0 heterocycles. The highest BCUT2D eigenvalue weighted by Crippen LogP contribution is 2.40. The summed E-state index contributed by atoms with van der Waals surface area (Å²) in [6, 6.07) is -0.789. The first-order valence-electron chi connectivity index (χ1n) is 9.19. The van der Waals surface area contributed by atoms with Crippen LogP contribution < -0.4 is 5.32 Å². The van der Waals surface area contributed by atoms with Gasteiger partial charge in [0.15, 0.2) is 0 Å². The number of nitrogens with one attached hydrogen (secondary N) is 1. The lowest BCUT2D eigenvalue weighted by Gasteiger charge is -2.37. The normalized spacial score (nSPS) is 26.3. The molecule has 0 bridgehead atoms. The van der Waals surface area contributed by atoms with Crippen LogP contribution in [0.5, 0.6) is 0 Å². The third-order valence-corrected chi connectivity index (χ3v) is 5.37. The molecule has 0 saturated heterocycles. The molecule has 0 aromatic rings. The van der Waals surface area contributed by atoms with Gasteiger partial charge in [0.1, 0.15) is 6.04 Å². The monoisotopic (exact) mass is 325 g/mol. The van der Waals surface area contributed by atoms with E-state index < -0.39 is 17.4 Å². The molecule has 0 aromatic heterocycles. The van der Waals surface area contributed by atoms with Crippen molar-refractivity contribution in [3.8, 4) is 0 Å². The molecule has 1 aliphatic rings. The van der Waals surface area contributed by atoms with E-state index in [9.17, 15) is 14.7 Å². The lowest BCUT2D eigenvalue weighted by Crippen LogP contribution is -2.50. The topological polar surface area (TPSA) is 66.4 Å². The zero-order valence-electron chi connectivity index (χ0n) is 15.5. The Labute approximate surface area is 141 Å². The highest BCUT2D eigenvalue weighted by Gasteiger charge is 2.39. The summed E-state index contributed by atoms with van der Waals surface area (Å²) in [5.74, 6) is 0.361. The highest BCUT2D eigenvalue weighted by atomic mass is 16.4. The van der Waals surface area contributed by atoms with Gasteiger partial charge in [0.2, 0.25) is 5.91 Å². The maximum atomic E-state index is 12.6. The SMILES string of the molecule is CC(C)CCC[C@H]1CC[C@@](C)(C(=O)N[C@H](C(=O)O)C(C)C)CC1. The molecule has 4 heteroatoms. The maximum absolute atomic E-state index is 12.6. The number of rotatable bonds is 8. The molecule has 1 rings (SSSR count). The van der Waals surface area contributed by atoms with Crippen LogP contribution in [0.3, 0.4) is 0 Å². The van der Waals surface area contributed by atoms with Gasteiger partial charge in [-0.25, -0.2) is 4.79 Å². The molecule has 0 radical (unpaired) electrons. The van der Waals surface area contributed by atoms with Gasteiger partial charge in [-0.1, -0.05) is 53.9 Å². The van der Waals surface area contributed by atoms with Gasteiger partial charge in [-0.2, -0.15) is 0 Å². The number of carbonyl (C=O) groups is 2. The highest BCUT2D eigenvalue weighted by molar-refractivity contribution is 5.87. The molecule has 0 aromatic carbocycles. The Hall–Kier alpha value is -1.06. The Kier molecular flexibility index (Phi) is 7.56. The van der Waals surface area contributed by atoms with E-state index in [2.05, 4.69) is 19.2 Å². The van der Waals surface area contributed by atoms with E-state index in [1.165, 1.54) is 19.3 Å². The van der Waals surface area contributed by atoms with E-state index in [4.69, 9.17) is 0 Å². The molecular weight excluding hydrogens is 290 g/mol. The predicted molar refractivity (Wildman–Crippen MR) is 93.2 cm³/mol. The van der Waals surface area contributed by atoms with E-state index in [1.807, 2.05) is 20.8 Å². The number of carboxylic acid groups (broad SMARTS) is 1. The summed E-state index contributed by atoms with van der Waals surface area (Å²) in [5.41, 5.74) is -0.406.